The quantitative estimate of drug-likeness (QED) is 0.875. The van der Waals surface area contributed by atoms with Gasteiger partial charge in [-0.05, 0) is 50.7 Å². The van der Waals surface area contributed by atoms with E-state index in [9.17, 15) is 0 Å². The summed E-state index contributed by atoms with van der Waals surface area (Å²) >= 11 is 0. The summed E-state index contributed by atoms with van der Waals surface area (Å²) < 4.78 is 5.91. The summed E-state index contributed by atoms with van der Waals surface area (Å²) in [7, 11) is 0. The second-order valence-electron chi connectivity index (χ2n) is 6.25. The molecule has 1 aliphatic rings. The third kappa shape index (κ3) is 4.68. The number of ether oxygens (including phenoxy) is 1. The highest BCUT2D eigenvalue weighted by Gasteiger charge is 2.22. The van der Waals surface area contributed by atoms with Crippen molar-refractivity contribution in [1.82, 2.24) is 4.98 Å². The van der Waals surface area contributed by atoms with E-state index in [1.165, 1.54) is 17.5 Å². The van der Waals surface area contributed by atoms with E-state index in [0.29, 0.717) is 6.10 Å². The minimum atomic E-state index is 0.180. The fourth-order valence-corrected chi connectivity index (χ4v) is 2.99. The fraction of sp³-hybridized carbons (Fsp3) is 0.706. The summed E-state index contributed by atoms with van der Waals surface area (Å²) in [5, 5.41) is 0. The summed E-state index contributed by atoms with van der Waals surface area (Å²) in [5.74, 6) is 1.10. The van der Waals surface area contributed by atoms with E-state index in [-0.39, 0.29) is 6.04 Å². The van der Waals surface area contributed by atoms with Crippen LogP contribution in [0.15, 0.2) is 12.3 Å². The van der Waals surface area contributed by atoms with Gasteiger partial charge in [0.05, 0.1) is 6.10 Å². The molecule has 1 fully saturated rings. The van der Waals surface area contributed by atoms with Gasteiger partial charge in [-0.2, -0.15) is 0 Å². The van der Waals surface area contributed by atoms with E-state index in [4.69, 9.17) is 10.5 Å². The lowest BCUT2D eigenvalue weighted by Gasteiger charge is -2.34. The zero-order valence-electron chi connectivity index (χ0n) is 13.6. The SMILES string of the molecule is CCCOC1CCCN(c2ncc(CC(C)N)cc2C)C1. The topological polar surface area (TPSA) is 51.4 Å². The van der Waals surface area contributed by atoms with Crippen LogP contribution in [0.4, 0.5) is 5.82 Å². The molecule has 118 valence electrons. The number of hydrogen-bond donors (Lipinski definition) is 1. The first-order valence-corrected chi connectivity index (χ1v) is 8.17. The van der Waals surface area contributed by atoms with Crippen LogP contribution in [0.25, 0.3) is 0 Å². The molecule has 0 saturated carbocycles. The van der Waals surface area contributed by atoms with Gasteiger partial charge in [0, 0.05) is 31.9 Å². The van der Waals surface area contributed by atoms with Crippen LogP contribution >= 0.6 is 0 Å². The first kappa shape index (κ1) is 16.2. The molecule has 1 aromatic heterocycles. The van der Waals surface area contributed by atoms with Gasteiger partial charge in [0.15, 0.2) is 0 Å². The zero-order valence-corrected chi connectivity index (χ0v) is 13.6. The second-order valence-corrected chi connectivity index (χ2v) is 6.25. The van der Waals surface area contributed by atoms with Gasteiger partial charge in [-0.3, -0.25) is 0 Å². The van der Waals surface area contributed by atoms with Crippen molar-refractivity contribution in [2.45, 2.75) is 58.6 Å². The molecule has 1 aromatic rings. The molecule has 0 aliphatic carbocycles. The maximum absolute atomic E-state index is 5.91. The highest BCUT2D eigenvalue weighted by atomic mass is 16.5. The molecule has 1 saturated heterocycles. The molecular weight excluding hydrogens is 262 g/mol. The van der Waals surface area contributed by atoms with Crippen LogP contribution < -0.4 is 10.6 Å². The van der Waals surface area contributed by atoms with Crippen LogP contribution in [0.3, 0.4) is 0 Å². The highest BCUT2D eigenvalue weighted by molar-refractivity contribution is 5.48. The molecule has 2 heterocycles. The minimum absolute atomic E-state index is 0.180. The Morgan fingerprint density at radius 2 is 2.33 bits per heavy atom. The first-order valence-electron chi connectivity index (χ1n) is 8.17. The van der Waals surface area contributed by atoms with Gasteiger partial charge in [0.1, 0.15) is 5.82 Å². The molecule has 0 amide bonds. The first-order chi connectivity index (χ1) is 10.1. The number of aromatic nitrogens is 1. The van der Waals surface area contributed by atoms with Crippen molar-refractivity contribution < 1.29 is 4.74 Å². The highest BCUT2D eigenvalue weighted by Crippen LogP contribution is 2.23. The van der Waals surface area contributed by atoms with Crippen molar-refractivity contribution in [3.63, 3.8) is 0 Å². The molecule has 0 spiro atoms. The average Bonchev–Trinajstić information content (AvgIpc) is 2.45. The Kier molecular flexibility index (Phi) is 6.00. The molecule has 0 aromatic carbocycles. The van der Waals surface area contributed by atoms with Crippen molar-refractivity contribution in [3.05, 3.63) is 23.4 Å². The van der Waals surface area contributed by atoms with Gasteiger partial charge in [-0.1, -0.05) is 13.0 Å². The number of hydrogen-bond acceptors (Lipinski definition) is 4. The molecule has 0 radical (unpaired) electrons. The fourth-order valence-electron chi connectivity index (χ4n) is 2.99. The summed E-state index contributed by atoms with van der Waals surface area (Å²) in [5.41, 5.74) is 8.33. The molecule has 2 N–H and O–H groups in total. The van der Waals surface area contributed by atoms with Gasteiger partial charge in [0.2, 0.25) is 0 Å². The lowest BCUT2D eigenvalue weighted by molar-refractivity contribution is 0.0439. The largest absolute Gasteiger partial charge is 0.376 e. The van der Waals surface area contributed by atoms with Crippen molar-refractivity contribution in [2.24, 2.45) is 5.73 Å². The normalized spacial score (nSPS) is 20.6. The Morgan fingerprint density at radius 1 is 1.52 bits per heavy atom. The van der Waals surface area contributed by atoms with Crippen LogP contribution in [0.5, 0.6) is 0 Å². The number of pyridine rings is 1. The Hall–Kier alpha value is -1.13. The lowest BCUT2D eigenvalue weighted by Crippen LogP contribution is -2.40. The predicted molar refractivity (Wildman–Crippen MR) is 87.8 cm³/mol. The zero-order chi connectivity index (χ0) is 15.2. The number of aryl methyl sites for hydroxylation is 1. The number of nitrogens with two attached hydrogens (primary N) is 1. The Bertz CT molecular complexity index is 448. The molecule has 4 nitrogen and oxygen atoms in total. The number of rotatable bonds is 6. The van der Waals surface area contributed by atoms with Crippen molar-refractivity contribution in [2.75, 3.05) is 24.6 Å². The van der Waals surface area contributed by atoms with E-state index in [2.05, 4.69) is 29.8 Å². The number of nitrogens with zero attached hydrogens (tertiary/aromatic N) is 2. The summed E-state index contributed by atoms with van der Waals surface area (Å²) in [6.45, 7) is 9.22. The Labute approximate surface area is 128 Å². The minimum Gasteiger partial charge on any atom is -0.376 e. The van der Waals surface area contributed by atoms with Crippen LogP contribution in [-0.2, 0) is 11.2 Å². The van der Waals surface area contributed by atoms with E-state index in [0.717, 1.165) is 44.8 Å². The van der Waals surface area contributed by atoms with Crippen LogP contribution in [0.2, 0.25) is 0 Å². The molecular formula is C17H29N3O. The van der Waals surface area contributed by atoms with Crippen molar-refractivity contribution >= 4 is 5.82 Å². The van der Waals surface area contributed by atoms with Gasteiger partial charge in [-0.25, -0.2) is 4.98 Å². The smallest absolute Gasteiger partial charge is 0.131 e. The molecule has 2 rings (SSSR count). The summed E-state index contributed by atoms with van der Waals surface area (Å²) in [6.07, 6.45) is 6.64. The third-order valence-electron chi connectivity index (χ3n) is 3.90. The second kappa shape index (κ2) is 7.76. The summed E-state index contributed by atoms with van der Waals surface area (Å²) in [4.78, 5) is 7.05. The number of piperidine rings is 1. The molecule has 1 aliphatic heterocycles. The molecule has 0 bridgehead atoms. The van der Waals surface area contributed by atoms with Crippen LogP contribution in [0, 0.1) is 6.92 Å². The lowest BCUT2D eigenvalue weighted by atomic mass is 10.1. The van der Waals surface area contributed by atoms with Crippen molar-refractivity contribution in [1.29, 1.82) is 0 Å². The van der Waals surface area contributed by atoms with Crippen LogP contribution in [0.1, 0.15) is 44.2 Å². The van der Waals surface area contributed by atoms with Gasteiger partial charge in [-0.15, -0.1) is 0 Å². The number of anilines is 1. The third-order valence-corrected chi connectivity index (χ3v) is 3.90. The van der Waals surface area contributed by atoms with E-state index in [1.54, 1.807) is 0 Å². The molecule has 2 atom stereocenters. The maximum Gasteiger partial charge on any atom is 0.131 e. The van der Waals surface area contributed by atoms with E-state index >= 15 is 0 Å². The average molecular weight is 291 g/mol. The van der Waals surface area contributed by atoms with Gasteiger partial charge in [0.25, 0.3) is 0 Å². The van der Waals surface area contributed by atoms with Gasteiger partial charge < -0.3 is 15.4 Å². The van der Waals surface area contributed by atoms with Crippen molar-refractivity contribution in [3.8, 4) is 0 Å². The molecule has 21 heavy (non-hydrogen) atoms. The van der Waals surface area contributed by atoms with Crippen LogP contribution in [-0.4, -0.2) is 36.8 Å². The predicted octanol–water partition coefficient (Wildman–Crippen LogP) is 2.68. The Balaban J connectivity index is 2.03. The maximum atomic E-state index is 5.91. The van der Waals surface area contributed by atoms with Gasteiger partial charge >= 0.3 is 0 Å². The van der Waals surface area contributed by atoms with E-state index < -0.39 is 0 Å². The molecule has 4 heteroatoms. The standard InChI is InChI=1S/C17H29N3O/c1-4-8-21-16-6-5-7-20(12-16)17-13(2)9-15(11-19-17)10-14(3)18/h9,11,14,16H,4-8,10,12,18H2,1-3H3. The van der Waals surface area contributed by atoms with E-state index in [1.807, 2.05) is 13.1 Å². The molecule has 2 unspecified atom stereocenters. The monoisotopic (exact) mass is 291 g/mol. The summed E-state index contributed by atoms with van der Waals surface area (Å²) in [6, 6.07) is 2.40. The Morgan fingerprint density at radius 3 is 3.00 bits per heavy atom.